The van der Waals surface area contributed by atoms with Crippen molar-refractivity contribution in [2.24, 2.45) is 11.7 Å². The van der Waals surface area contributed by atoms with Crippen LogP contribution in [-0.4, -0.2) is 23.5 Å². The quantitative estimate of drug-likeness (QED) is 0.837. The van der Waals surface area contributed by atoms with Crippen LogP contribution in [0.3, 0.4) is 0 Å². The highest BCUT2D eigenvalue weighted by Crippen LogP contribution is 2.40. The highest BCUT2D eigenvalue weighted by molar-refractivity contribution is 5.15. The largest absolute Gasteiger partial charge is 0.326 e. The Kier molecular flexibility index (Phi) is 2.70. The van der Waals surface area contributed by atoms with Crippen molar-refractivity contribution >= 4 is 0 Å². The van der Waals surface area contributed by atoms with E-state index in [1.807, 2.05) is 0 Å². The molecule has 86 valence electrons. The molecule has 2 heteroatoms. The first kappa shape index (κ1) is 10.3. The van der Waals surface area contributed by atoms with Gasteiger partial charge in [0, 0.05) is 25.2 Å². The number of hydrogen-bond acceptors (Lipinski definition) is 2. The lowest BCUT2D eigenvalue weighted by atomic mass is 10.1. The summed E-state index contributed by atoms with van der Waals surface area (Å²) in [5.41, 5.74) is 7.64. The SMILES string of the molecule is N[C@H]1CCN(Cc2ccccc2)C1C1CC1. The third-order valence-corrected chi connectivity index (χ3v) is 3.94. The van der Waals surface area contributed by atoms with Crippen molar-refractivity contribution in [3.8, 4) is 0 Å². The fourth-order valence-corrected chi connectivity index (χ4v) is 2.99. The first-order valence-electron chi connectivity index (χ1n) is 6.38. The van der Waals surface area contributed by atoms with Gasteiger partial charge in [0.15, 0.2) is 0 Å². The molecule has 1 heterocycles. The standard InChI is InChI=1S/C14H20N2/c15-13-8-9-16(14(13)12-6-7-12)10-11-4-2-1-3-5-11/h1-5,12-14H,6-10,15H2/t13-,14?/m0/s1. The van der Waals surface area contributed by atoms with E-state index in [0.717, 1.165) is 12.5 Å². The predicted octanol–water partition coefficient (Wildman–Crippen LogP) is 2.00. The monoisotopic (exact) mass is 216 g/mol. The summed E-state index contributed by atoms with van der Waals surface area (Å²) in [6.45, 7) is 2.26. The second kappa shape index (κ2) is 4.19. The summed E-state index contributed by atoms with van der Waals surface area (Å²) in [5, 5.41) is 0. The van der Waals surface area contributed by atoms with Gasteiger partial charge < -0.3 is 5.73 Å². The lowest BCUT2D eigenvalue weighted by Crippen LogP contribution is -2.40. The summed E-state index contributed by atoms with van der Waals surface area (Å²) < 4.78 is 0. The first-order chi connectivity index (χ1) is 7.84. The van der Waals surface area contributed by atoms with Gasteiger partial charge in [-0.15, -0.1) is 0 Å². The molecule has 0 spiro atoms. The molecule has 1 saturated carbocycles. The highest BCUT2D eigenvalue weighted by atomic mass is 15.2. The van der Waals surface area contributed by atoms with Crippen LogP contribution < -0.4 is 5.73 Å². The summed E-state index contributed by atoms with van der Waals surface area (Å²) >= 11 is 0. The van der Waals surface area contributed by atoms with Crippen molar-refractivity contribution in [1.82, 2.24) is 4.90 Å². The molecule has 0 bridgehead atoms. The van der Waals surface area contributed by atoms with E-state index < -0.39 is 0 Å². The summed E-state index contributed by atoms with van der Waals surface area (Å²) in [4.78, 5) is 2.59. The molecular formula is C14H20N2. The zero-order valence-corrected chi connectivity index (χ0v) is 9.68. The number of benzene rings is 1. The zero-order chi connectivity index (χ0) is 11.0. The van der Waals surface area contributed by atoms with E-state index in [4.69, 9.17) is 5.73 Å². The Morgan fingerprint density at radius 1 is 1.12 bits per heavy atom. The second-order valence-corrected chi connectivity index (χ2v) is 5.24. The molecule has 2 fully saturated rings. The molecule has 16 heavy (non-hydrogen) atoms. The summed E-state index contributed by atoms with van der Waals surface area (Å²) in [7, 11) is 0. The maximum Gasteiger partial charge on any atom is 0.0279 e. The maximum absolute atomic E-state index is 6.22. The minimum absolute atomic E-state index is 0.413. The topological polar surface area (TPSA) is 29.3 Å². The molecule has 0 aromatic heterocycles. The van der Waals surface area contributed by atoms with Crippen LogP contribution in [0.5, 0.6) is 0 Å². The van der Waals surface area contributed by atoms with Crippen LogP contribution >= 0.6 is 0 Å². The van der Waals surface area contributed by atoms with Crippen LogP contribution in [0.15, 0.2) is 30.3 Å². The molecule has 1 saturated heterocycles. The van der Waals surface area contributed by atoms with Gasteiger partial charge in [-0.25, -0.2) is 0 Å². The van der Waals surface area contributed by atoms with Crippen LogP contribution in [0.1, 0.15) is 24.8 Å². The van der Waals surface area contributed by atoms with E-state index in [1.165, 1.54) is 31.4 Å². The molecule has 3 rings (SSSR count). The minimum atomic E-state index is 0.413. The van der Waals surface area contributed by atoms with E-state index in [9.17, 15) is 0 Å². The lowest BCUT2D eigenvalue weighted by Gasteiger charge is -2.26. The highest BCUT2D eigenvalue weighted by Gasteiger charge is 2.42. The van der Waals surface area contributed by atoms with E-state index in [1.54, 1.807) is 0 Å². The predicted molar refractivity (Wildman–Crippen MR) is 66.0 cm³/mol. The van der Waals surface area contributed by atoms with Crippen molar-refractivity contribution in [2.75, 3.05) is 6.54 Å². The van der Waals surface area contributed by atoms with E-state index in [2.05, 4.69) is 35.2 Å². The van der Waals surface area contributed by atoms with Crippen molar-refractivity contribution in [2.45, 2.75) is 37.9 Å². The van der Waals surface area contributed by atoms with Crippen LogP contribution in [0, 0.1) is 5.92 Å². The second-order valence-electron chi connectivity index (χ2n) is 5.24. The van der Waals surface area contributed by atoms with Gasteiger partial charge in [0.05, 0.1) is 0 Å². The van der Waals surface area contributed by atoms with Crippen LogP contribution in [0.2, 0.25) is 0 Å². The summed E-state index contributed by atoms with van der Waals surface area (Å²) in [6, 6.07) is 11.8. The molecule has 1 aliphatic carbocycles. The molecule has 2 N–H and O–H groups in total. The molecule has 1 aliphatic heterocycles. The number of rotatable bonds is 3. The Labute approximate surface area is 97.4 Å². The van der Waals surface area contributed by atoms with Crippen molar-refractivity contribution in [3.63, 3.8) is 0 Å². The molecule has 1 aromatic rings. The molecule has 2 aliphatic rings. The van der Waals surface area contributed by atoms with Gasteiger partial charge in [-0.05, 0) is 30.7 Å². The van der Waals surface area contributed by atoms with Crippen LogP contribution in [0.4, 0.5) is 0 Å². The third kappa shape index (κ3) is 2.00. The minimum Gasteiger partial charge on any atom is -0.326 e. The average Bonchev–Trinajstić information content (AvgIpc) is 3.07. The van der Waals surface area contributed by atoms with Crippen LogP contribution in [-0.2, 0) is 6.54 Å². The molecule has 1 aromatic carbocycles. The van der Waals surface area contributed by atoms with Gasteiger partial charge in [0.1, 0.15) is 0 Å². The van der Waals surface area contributed by atoms with Crippen molar-refractivity contribution in [3.05, 3.63) is 35.9 Å². The Bertz CT molecular complexity index is 345. The Morgan fingerprint density at radius 2 is 1.88 bits per heavy atom. The maximum atomic E-state index is 6.22. The van der Waals surface area contributed by atoms with Crippen molar-refractivity contribution < 1.29 is 0 Å². The summed E-state index contributed by atoms with van der Waals surface area (Å²) in [6.07, 6.45) is 3.96. The number of nitrogens with two attached hydrogens (primary N) is 1. The summed E-state index contributed by atoms with van der Waals surface area (Å²) in [5.74, 6) is 0.890. The van der Waals surface area contributed by atoms with Gasteiger partial charge in [-0.1, -0.05) is 30.3 Å². The average molecular weight is 216 g/mol. The van der Waals surface area contributed by atoms with Gasteiger partial charge >= 0.3 is 0 Å². The Balaban J connectivity index is 1.70. The number of likely N-dealkylation sites (tertiary alicyclic amines) is 1. The van der Waals surface area contributed by atoms with E-state index in [-0.39, 0.29) is 0 Å². The Hall–Kier alpha value is -0.860. The fraction of sp³-hybridized carbons (Fsp3) is 0.571. The lowest BCUT2D eigenvalue weighted by molar-refractivity contribution is 0.214. The molecule has 1 unspecified atom stereocenters. The molecule has 0 amide bonds. The number of hydrogen-bond donors (Lipinski definition) is 1. The smallest absolute Gasteiger partial charge is 0.0279 e. The normalized spacial score (nSPS) is 30.8. The van der Waals surface area contributed by atoms with Gasteiger partial charge in [-0.3, -0.25) is 4.90 Å². The van der Waals surface area contributed by atoms with Gasteiger partial charge in [0.2, 0.25) is 0 Å². The van der Waals surface area contributed by atoms with E-state index in [0.29, 0.717) is 12.1 Å². The van der Waals surface area contributed by atoms with Crippen molar-refractivity contribution in [1.29, 1.82) is 0 Å². The first-order valence-corrected chi connectivity index (χ1v) is 6.38. The van der Waals surface area contributed by atoms with Gasteiger partial charge in [-0.2, -0.15) is 0 Å². The van der Waals surface area contributed by atoms with E-state index >= 15 is 0 Å². The molecule has 2 nitrogen and oxygen atoms in total. The molecule has 2 atom stereocenters. The molecular weight excluding hydrogens is 196 g/mol. The molecule has 0 radical (unpaired) electrons. The number of nitrogens with zero attached hydrogens (tertiary/aromatic N) is 1. The van der Waals surface area contributed by atoms with Crippen LogP contribution in [0.25, 0.3) is 0 Å². The Morgan fingerprint density at radius 3 is 2.56 bits per heavy atom. The fourth-order valence-electron chi connectivity index (χ4n) is 2.99. The third-order valence-electron chi connectivity index (χ3n) is 3.94. The van der Waals surface area contributed by atoms with Gasteiger partial charge in [0.25, 0.3) is 0 Å². The zero-order valence-electron chi connectivity index (χ0n) is 9.68.